The van der Waals surface area contributed by atoms with Crippen LogP contribution in [-0.4, -0.2) is 37.0 Å². The molecule has 5 nitrogen and oxygen atoms in total. The highest BCUT2D eigenvalue weighted by Gasteiger charge is 2.10. The minimum atomic E-state index is -0.0808. The summed E-state index contributed by atoms with van der Waals surface area (Å²) in [6.07, 6.45) is 9.69. The molecule has 120 valence electrons. The Bertz CT molecular complexity index is 355. The standard InChI is InChI=1S/C16H29N3O2/c1-14-13-19(2)16(17)18-15(20)11-9-7-5-3-4-6-8-10-12-21-14/h1,3-13H2,2H3,(H2,17,18,20). The van der Waals surface area contributed by atoms with Crippen molar-refractivity contribution in [1.29, 1.82) is 5.41 Å². The van der Waals surface area contributed by atoms with E-state index in [1.807, 2.05) is 0 Å². The minimum absolute atomic E-state index is 0.0808. The van der Waals surface area contributed by atoms with Gasteiger partial charge in [0.15, 0.2) is 5.96 Å². The Morgan fingerprint density at radius 1 is 1.10 bits per heavy atom. The highest BCUT2D eigenvalue weighted by Crippen LogP contribution is 2.10. The van der Waals surface area contributed by atoms with E-state index >= 15 is 0 Å². The van der Waals surface area contributed by atoms with Gasteiger partial charge in [0.2, 0.25) is 5.91 Å². The third kappa shape index (κ3) is 8.38. The van der Waals surface area contributed by atoms with Gasteiger partial charge in [0.05, 0.1) is 13.2 Å². The third-order valence-electron chi connectivity index (χ3n) is 3.66. The smallest absolute Gasteiger partial charge is 0.226 e. The lowest BCUT2D eigenvalue weighted by molar-refractivity contribution is -0.120. The maximum absolute atomic E-state index is 11.7. The highest BCUT2D eigenvalue weighted by molar-refractivity contribution is 5.95. The van der Waals surface area contributed by atoms with Crippen LogP contribution in [0.2, 0.25) is 0 Å². The first-order valence-electron chi connectivity index (χ1n) is 7.99. The van der Waals surface area contributed by atoms with Gasteiger partial charge in [-0.15, -0.1) is 0 Å². The summed E-state index contributed by atoms with van der Waals surface area (Å²) in [5.41, 5.74) is 0. The van der Waals surface area contributed by atoms with E-state index in [0.717, 1.165) is 19.3 Å². The van der Waals surface area contributed by atoms with Crippen molar-refractivity contribution in [3.8, 4) is 0 Å². The number of likely N-dealkylation sites (N-methyl/N-ethyl adjacent to an activating group) is 1. The molecule has 2 N–H and O–H groups in total. The van der Waals surface area contributed by atoms with Crippen LogP contribution < -0.4 is 5.32 Å². The molecular weight excluding hydrogens is 266 g/mol. The van der Waals surface area contributed by atoms with Crippen LogP contribution in [0.5, 0.6) is 0 Å². The molecule has 1 aliphatic rings. The monoisotopic (exact) mass is 295 g/mol. The Hall–Kier alpha value is -1.52. The highest BCUT2D eigenvalue weighted by atomic mass is 16.5. The Morgan fingerprint density at radius 2 is 1.67 bits per heavy atom. The Balaban J connectivity index is 2.44. The number of rotatable bonds is 0. The molecule has 1 saturated heterocycles. The average molecular weight is 295 g/mol. The second kappa shape index (κ2) is 10.2. The Kier molecular flexibility index (Phi) is 8.55. The number of amides is 1. The van der Waals surface area contributed by atoms with Crippen LogP contribution in [0.15, 0.2) is 12.3 Å². The molecule has 0 bridgehead atoms. The molecule has 0 aromatic rings. The minimum Gasteiger partial charge on any atom is -0.497 e. The van der Waals surface area contributed by atoms with Gasteiger partial charge in [-0.1, -0.05) is 45.1 Å². The number of nitrogens with zero attached hydrogens (tertiary/aromatic N) is 1. The number of hydrogen-bond acceptors (Lipinski definition) is 3. The lowest BCUT2D eigenvalue weighted by Crippen LogP contribution is -2.42. The zero-order chi connectivity index (χ0) is 15.5. The fourth-order valence-corrected chi connectivity index (χ4v) is 2.34. The van der Waals surface area contributed by atoms with Crippen molar-refractivity contribution < 1.29 is 9.53 Å². The van der Waals surface area contributed by atoms with E-state index in [2.05, 4.69) is 11.9 Å². The molecule has 0 unspecified atom stereocenters. The summed E-state index contributed by atoms with van der Waals surface area (Å²) < 4.78 is 5.57. The number of nitrogens with one attached hydrogen (secondary N) is 2. The van der Waals surface area contributed by atoms with Crippen molar-refractivity contribution in [3.05, 3.63) is 12.3 Å². The van der Waals surface area contributed by atoms with E-state index in [1.54, 1.807) is 11.9 Å². The molecule has 5 heteroatoms. The largest absolute Gasteiger partial charge is 0.497 e. The lowest BCUT2D eigenvalue weighted by Gasteiger charge is -2.21. The van der Waals surface area contributed by atoms with Crippen LogP contribution in [0.4, 0.5) is 0 Å². The van der Waals surface area contributed by atoms with Crippen LogP contribution in [0.3, 0.4) is 0 Å². The lowest BCUT2D eigenvalue weighted by atomic mass is 10.1. The second-order valence-corrected chi connectivity index (χ2v) is 5.72. The predicted molar refractivity (Wildman–Crippen MR) is 85.1 cm³/mol. The molecule has 1 amide bonds. The van der Waals surface area contributed by atoms with Crippen molar-refractivity contribution >= 4 is 11.9 Å². The fraction of sp³-hybridized carbons (Fsp3) is 0.750. The zero-order valence-electron chi connectivity index (χ0n) is 13.2. The van der Waals surface area contributed by atoms with Gasteiger partial charge in [0.1, 0.15) is 5.76 Å². The molecule has 0 saturated carbocycles. The van der Waals surface area contributed by atoms with Gasteiger partial charge in [-0.3, -0.25) is 15.5 Å². The fourth-order valence-electron chi connectivity index (χ4n) is 2.34. The van der Waals surface area contributed by atoms with Gasteiger partial charge in [0.25, 0.3) is 0 Å². The molecule has 1 heterocycles. The molecular formula is C16H29N3O2. The first-order chi connectivity index (χ1) is 10.1. The average Bonchev–Trinajstić information content (AvgIpc) is 2.43. The van der Waals surface area contributed by atoms with Gasteiger partial charge in [-0.25, -0.2) is 0 Å². The third-order valence-corrected chi connectivity index (χ3v) is 3.66. The van der Waals surface area contributed by atoms with Crippen LogP contribution in [0, 0.1) is 5.41 Å². The number of carbonyl (C=O) groups is 1. The van der Waals surface area contributed by atoms with Crippen molar-refractivity contribution in [2.24, 2.45) is 0 Å². The summed E-state index contributed by atoms with van der Waals surface area (Å²) in [4.78, 5) is 13.4. The molecule has 0 aromatic carbocycles. The summed E-state index contributed by atoms with van der Waals surface area (Å²) >= 11 is 0. The normalized spacial score (nSPS) is 21.4. The maximum atomic E-state index is 11.7. The van der Waals surface area contributed by atoms with Gasteiger partial charge in [0, 0.05) is 13.5 Å². The van der Waals surface area contributed by atoms with Crippen LogP contribution in [0.1, 0.15) is 57.8 Å². The molecule has 1 aliphatic heterocycles. The van der Waals surface area contributed by atoms with E-state index in [4.69, 9.17) is 10.1 Å². The van der Waals surface area contributed by atoms with E-state index in [-0.39, 0.29) is 11.9 Å². The quantitative estimate of drug-likeness (QED) is 0.722. The Labute approximate surface area is 128 Å². The van der Waals surface area contributed by atoms with Crippen molar-refractivity contribution in [1.82, 2.24) is 10.2 Å². The van der Waals surface area contributed by atoms with E-state index in [1.165, 1.54) is 32.1 Å². The van der Waals surface area contributed by atoms with E-state index in [9.17, 15) is 4.79 Å². The van der Waals surface area contributed by atoms with Crippen molar-refractivity contribution in [2.75, 3.05) is 20.2 Å². The summed E-state index contributed by atoms with van der Waals surface area (Å²) in [6.45, 7) is 4.98. The summed E-state index contributed by atoms with van der Waals surface area (Å²) in [7, 11) is 1.76. The number of ether oxygens (including phenoxy) is 1. The van der Waals surface area contributed by atoms with Crippen LogP contribution in [0.25, 0.3) is 0 Å². The SMILES string of the molecule is C=C1CN(C)C(=N)NC(=O)CCCCCCCCCCO1. The van der Waals surface area contributed by atoms with Crippen molar-refractivity contribution in [3.63, 3.8) is 0 Å². The Morgan fingerprint density at radius 3 is 2.33 bits per heavy atom. The predicted octanol–water partition coefficient (Wildman–Crippen LogP) is 3.02. The first-order valence-corrected chi connectivity index (χ1v) is 7.99. The van der Waals surface area contributed by atoms with Crippen LogP contribution in [-0.2, 0) is 9.53 Å². The summed E-state index contributed by atoms with van der Waals surface area (Å²) in [5.74, 6) is 0.664. The summed E-state index contributed by atoms with van der Waals surface area (Å²) in [6, 6.07) is 0. The number of hydrogen-bond donors (Lipinski definition) is 2. The molecule has 0 radical (unpaired) electrons. The van der Waals surface area contributed by atoms with Gasteiger partial charge >= 0.3 is 0 Å². The molecule has 0 aliphatic carbocycles. The zero-order valence-corrected chi connectivity index (χ0v) is 13.2. The molecule has 1 rings (SSSR count). The molecule has 0 spiro atoms. The van der Waals surface area contributed by atoms with Crippen LogP contribution >= 0.6 is 0 Å². The van der Waals surface area contributed by atoms with Gasteiger partial charge in [-0.05, 0) is 12.8 Å². The van der Waals surface area contributed by atoms with E-state index < -0.39 is 0 Å². The van der Waals surface area contributed by atoms with Gasteiger partial charge in [-0.2, -0.15) is 0 Å². The molecule has 1 fully saturated rings. The summed E-state index contributed by atoms with van der Waals surface area (Å²) in [5, 5.41) is 10.5. The molecule has 21 heavy (non-hydrogen) atoms. The number of guanidine groups is 1. The molecule has 0 aromatic heterocycles. The van der Waals surface area contributed by atoms with Crippen molar-refractivity contribution in [2.45, 2.75) is 57.8 Å². The molecule has 0 atom stereocenters. The van der Waals surface area contributed by atoms with Gasteiger partial charge < -0.3 is 9.64 Å². The topological polar surface area (TPSA) is 65.4 Å². The van der Waals surface area contributed by atoms with E-state index in [0.29, 0.717) is 25.3 Å². The second-order valence-electron chi connectivity index (χ2n) is 5.72. The first kappa shape index (κ1) is 17.5. The maximum Gasteiger partial charge on any atom is 0.226 e. The number of carbonyl (C=O) groups excluding carboxylic acids is 1.